The summed E-state index contributed by atoms with van der Waals surface area (Å²) in [6.07, 6.45) is 0.986. The molecule has 2 aromatic carbocycles. The second-order valence-corrected chi connectivity index (χ2v) is 7.67. The van der Waals surface area contributed by atoms with E-state index >= 15 is 0 Å². The molecule has 0 atom stereocenters. The first-order chi connectivity index (χ1) is 12.0. The van der Waals surface area contributed by atoms with Crippen LogP contribution in [0.25, 0.3) is 11.0 Å². The number of halogens is 2. The Morgan fingerprint density at radius 3 is 2.80 bits per heavy atom. The molecular formula is C19H19ClIN3O. The lowest BCUT2D eigenvalue weighted by Crippen LogP contribution is -2.27. The van der Waals surface area contributed by atoms with E-state index in [4.69, 9.17) is 16.6 Å². The van der Waals surface area contributed by atoms with Gasteiger partial charge < -0.3 is 9.47 Å². The normalized spacial score (nSPS) is 11.0. The third-order valence-electron chi connectivity index (χ3n) is 4.03. The molecule has 1 heterocycles. The number of hydrogen-bond acceptors (Lipinski definition) is 2. The van der Waals surface area contributed by atoms with Gasteiger partial charge in [0.05, 0.1) is 17.6 Å². The highest BCUT2D eigenvalue weighted by Gasteiger charge is 2.17. The lowest BCUT2D eigenvalue weighted by atomic mass is 10.2. The zero-order valence-corrected chi connectivity index (χ0v) is 17.1. The minimum atomic E-state index is -0.00773. The molecular weight excluding hydrogens is 449 g/mol. The number of benzene rings is 2. The van der Waals surface area contributed by atoms with Crippen LogP contribution in [0.3, 0.4) is 0 Å². The molecule has 4 nitrogen and oxygen atoms in total. The Morgan fingerprint density at radius 2 is 2.08 bits per heavy atom. The zero-order chi connectivity index (χ0) is 18.0. The minimum Gasteiger partial charge on any atom is -0.334 e. The summed E-state index contributed by atoms with van der Waals surface area (Å²) >= 11 is 8.36. The van der Waals surface area contributed by atoms with Crippen LogP contribution >= 0.6 is 34.2 Å². The van der Waals surface area contributed by atoms with Crippen LogP contribution < -0.4 is 0 Å². The standard InChI is InChI=1S/C19H19ClIN3O/c1-3-9-24-17-11-14(20)7-8-16(17)22-18(24)12-23(2)19(25)13-5-4-6-15(21)10-13/h4-8,10-11H,3,9,12H2,1-2H3. The van der Waals surface area contributed by atoms with Crippen molar-refractivity contribution in [1.29, 1.82) is 0 Å². The van der Waals surface area contributed by atoms with E-state index in [1.54, 1.807) is 4.90 Å². The van der Waals surface area contributed by atoms with Gasteiger partial charge in [-0.05, 0) is 65.4 Å². The van der Waals surface area contributed by atoms with E-state index in [1.165, 1.54) is 0 Å². The highest BCUT2D eigenvalue weighted by atomic mass is 127. The Hall–Kier alpha value is -1.60. The number of imidazole rings is 1. The van der Waals surface area contributed by atoms with Crippen LogP contribution in [0.1, 0.15) is 29.5 Å². The second-order valence-electron chi connectivity index (χ2n) is 5.98. The largest absolute Gasteiger partial charge is 0.334 e. The fourth-order valence-electron chi connectivity index (χ4n) is 2.87. The first-order valence-corrected chi connectivity index (χ1v) is 9.61. The van der Waals surface area contributed by atoms with Crippen molar-refractivity contribution >= 4 is 51.1 Å². The molecule has 1 amide bonds. The maximum absolute atomic E-state index is 12.7. The molecule has 0 saturated carbocycles. The van der Waals surface area contributed by atoms with Crippen LogP contribution in [0.15, 0.2) is 42.5 Å². The van der Waals surface area contributed by atoms with Gasteiger partial charge in [-0.15, -0.1) is 0 Å². The van der Waals surface area contributed by atoms with E-state index in [0.717, 1.165) is 33.4 Å². The Morgan fingerprint density at radius 1 is 1.28 bits per heavy atom. The third kappa shape index (κ3) is 3.98. The summed E-state index contributed by atoms with van der Waals surface area (Å²) in [4.78, 5) is 19.1. The molecule has 0 radical (unpaired) electrons. The van der Waals surface area contributed by atoms with E-state index < -0.39 is 0 Å². The lowest BCUT2D eigenvalue weighted by molar-refractivity contribution is 0.0780. The molecule has 0 bridgehead atoms. The zero-order valence-electron chi connectivity index (χ0n) is 14.2. The smallest absolute Gasteiger partial charge is 0.254 e. The number of hydrogen-bond donors (Lipinski definition) is 0. The van der Waals surface area contributed by atoms with Crippen molar-refractivity contribution in [2.45, 2.75) is 26.4 Å². The molecule has 25 heavy (non-hydrogen) atoms. The van der Waals surface area contributed by atoms with E-state index in [2.05, 4.69) is 34.1 Å². The van der Waals surface area contributed by atoms with Crippen molar-refractivity contribution in [1.82, 2.24) is 14.5 Å². The summed E-state index contributed by atoms with van der Waals surface area (Å²) in [5, 5.41) is 0.694. The van der Waals surface area contributed by atoms with Crippen molar-refractivity contribution in [3.8, 4) is 0 Å². The molecule has 6 heteroatoms. The molecule has 0 N–H and O–H groups in total. The van der Waals surface area contributed by atoms with Crippen LogP contribution in [0, 0.1) is 3.57 Å². The summed E-state index contributed by atoms with van der Waals surface area (Å²) in [6, 6.07) is 13.3. The maximum Gasteiger partial charge on any atom is 0.254 e. The van der Waals surface area contributed by atoms with E-state index in [1.807, 2.05) is 49.5 Å². The van der Waals surface area contributed by atoms with Gasteiger partial charge in [-0.2, -0.15) is 0 Å². The summed E-state index contributed by atoms with van der Waals surface area (Å²) in [5.41, 5.74) is 2.61. The van der Waals surface area contributed by atoms with Crippen molar-refractivity contribution in [2.24, 2.45) is 0 Å². The van der Waals surface area contributed by atoms with E-state index in [0.29, 0.717) is 17.1 Å². The average Bonchev–Trinajstić information content (AvgIpc) is 2.91. The highest BCUT2D eigenvalue weighted by Crippen LogP contribution is 2.22. The molecule has 1 aromatic heterocycles. The number of aromatic nitrogens is 2. The molecule has 0 unspecified atom stereocenters. The first-order valence-electron chi connectivity index (χ1n) is 8.15. The Bertz CT molecular complexity index is 922. The van der Waals surface area contributed by atoms with Gasteiger partial charge in [0.2, 0.25) is 0 Å². The number of nitrogens with zero attached hydrogens (tertiary/aromatic N) is 3. The SMILES string of the molecule is CCCn1c(CN(C)C(=O)c2cccc(I)c2)nc2ccc(Cl)cc21. The van der Waals surface area contributed by atoms with Crippen molar-refractivity contribution < 1.29 is 4.79 Å². The van der Waals surface area contributed by atoms with Gasteiger partial charge in [-0.25, -0.2) is 4.98 Å². The molecule has 0 fully saturated rings. The monoisotopic (exact) mass is 467 g/mol. The van der Waals surface area contributed by atoms with Gasteiger partial charge in [0, 0.05) is 27.7 Å². The maximum atomic E-state index is 12.7. The predicted octanol–water partition coefficient (Wildman–Crippen LogP) is 4.98. The van der Waals surface area contributed by atoms with Crippen molar-refractivity contribution in [3.05, 3.63) is 62.4 Å². The molecule has 0 aliphatic carbocycles. The number of fused-ring (bicyclic) bond motifs is 1. The van der Waals surface area contributed by atoms with Gasteiger partial charge in [0.15, 0.2) is 0 Å². The number of carbonyl (C=O) groups excluding carboxylic acids is 1. The van der Waals surface area contributed by atoms with Crippen LogP contribution in [-0.2, 0) is 13.1 Å². The molecule has 0 aliphatic rings. The van der Waals surface area contributed by atoms with E-state index in [9.17, 15) is 4.79 Å². The first kappa shape index (κ1) is 18.2. The van der Waals surface area contributed by atoms with Crippen LogP contribution in [0.5, 0.6) is 0 Å². The fraction of sp³-hybridized carbons (Fsp3) is 0.263. The van der Waals surface area contributed by atoms with Gasteiger partial charge >= 0.3 is 0 Å². The highest BCUT2D eigenvalue weighted by molar-refractivity contribution is 14.1. The second kappa shape index (κ2) is 7.74. The summed E-state index contributed by atoms with van der Waals surface area (Å²) < 4.78 is 3.20. The van der Waals surface area contributed by atoms with Gasteiger partial charge in [0.25, 0.3) is 5.91 Å². The minimum absolute atomic E-state index is 0.00773. The van der Waals surface area contributed by atoms with Gasteiger partial charge in [0.1, 0.15) is 5.82 Å². The Balaban J connectivity index is 1.91. The third-order valence-corrected chi connectivity index (χ3v) is 4.94. The molecule has 130 valence electrons. The average molecular weight is 468 g/mol. The van der Waals surface area contributed by atoms with Crippen LogP contribution in [-0.4, -0.2) is 27.4 Å². The molecule has 3 aromatic rings. The molecule has 0 saturated heterocycles. The molecule has 0 aliphatic heterocycles. The van der Waals surface area contributed by atoms with Crippen molar-refractivity contribution in [3.63, 3.8) is 0 Å². The lowest BCUT2D eigenvalue weighted by Gasteiger charge is -2.18. The summed E-state index contributed by atoms with van der Waals surface area (Å²) in [6.45, 7) is 3.43. The predicted molar refractivity (Wildman–Crippen MR) is 110 cm³/mol. The number of amides is 1. The Labute approximate surface area is 165 Å². The van der Waals surface area contributed by atoms with E-state index in [-0.39, 0.29) is 5.91 Å². The number of rotatable bonds is 5. The molecule has 3 rings (SSSR count). The number of carbonyl (C=O) groups is 1. The quantitative estimate of drug-likeness (QED) is 0.497. The van der Waals surface area contributed by atoms with Crippen LogP contribution in [0.2, 0.25) is 5.02 Å². The topological polar surface area (TPSA) is 38.1 Å². The van der Waals surface area contributed by atoms with Gasteiger partial charge in [-0.1, -0.05) is 24.6 Å². The summed E-state index contributed by atoms with van der Waals surface area (Å²) in [7, 11) is 1.81. The Kier molecular flexibility index (Phi) is 5.64. The van der Waals surface area contributed by atoms with Crippen molar-refractivity contribution in [2.75, 3.05) is 7.05 Å². The van der Waals surface area contributed by atoms with Gasteiger partial charge in [-0.3, -0.25) is 4.79 Å². The fourth-order valence-corrected chi connectivity index (χ4v) is 3.57. The molecule has 0 spiro atoms. The number of aryl methyl sites for hydroxylation is 1. The summed E-state index contributed by atoms with van der Waals surface area (Å²) in [5.74, 6) is 0.868. The van der Waals surface area contributed by atoms with Crippen LogP contribution in [0.4, 0.5) is 0 Å².